The van der Waals surface area contributed by atoms with Gasteiger partial charge in [-0.25, -0.2) is 4.98 Å². The fourth-order valence-corrected chi connectivity index (χ4v) is 1.74. The summed E-state index contributed by atoms with van der Waals surface area (Å²) in [5, 5.41) is 23.3. The first-order chi connectivity index (χ1) is 9.08. The van der Waals surface area contributed by atoms with Crippen LogP contribution in [-0.2, 0) is 0 Å². The van der Waals surface area contributed by atoms with Crippen molar-refractivity contribution >= 4 is 11.5 Å². The Morgan fingerprint density at radius 1 is 1.37 bits per heavy atom. The summed E-state index contributed by atoms with van der Waals surface area (Å²) in [7, 11) is 0. The first-order valence-corrected chi connectivity index (χ1v) is 5.73. The molecule has 0 amide bonds. The number of nitro groups is 1. The molecule has 98 valence electrons. The smallest absolute Gasteiger partial charge is 0.311 e. The van der Waals surface area contributed by atoms with Gasteiger partial charge < -0.3 is 10.4 Å². The molecule has 2 aromatic rings. The number of pyridine rings is 1. The van der Waals surface area contributed by atoms with E-state index in [1.165, 1.54) is 18.3 Å². The van der Waals surface area contributed by atoms with Crippen LogP contribution >= 0.6 is 0 Å². The first kappa shape index (κ1) is 12.8. The molecule has 1 heterocycles. The molecule has 6 heteroatoms. The largest absolute Gasteiger partial charge is 0.508 e. The maximum atomic E-state index is 10.9. The molecule has 0 bridgehead atoms. The number of hydrogen-bond donors (Lipinski definition) is 2. The Kier molecular flexibility index (Phi) is 3.61. The number of nitrogens with one attached hydrogen (secondary N) is 1. The minimum Gasteiger partial charge on any atom is -0.508 e. The van der Waals surface area contributed by atoms with E-state index < -0.39 is 4.92 Å². The Morgan fingerprint density at radius 2 is 2.16 bits per heavy atom. The monoisotopic (exact) mass is 259 g/mol. The number of hydrogen-bond acceptors (Lipinski definition) is 5. The van der Waals surface area contributed by atoms with Crippen molar-refractivity contribution in [3.8, 4) is 5.75 Å². The maximum Gasteiger partial charge on any atom is 0.311 e. The van der Waals surface area contributed by atoms with E-state index in [-0.39, 0.29) is 23.3 Å². The number of benzene rings is 1. The minimum absolute atomic E-state index is 0.0745. The van der Waals surface area contributed by atoms with E-state index in [2.05, 4.69) is 10.3 Å². The van der Waals surface area contributed by atoms with E-state index in [1.54, 1.807) is 18.2 Å². The zero-order valence-electron chi connectivity index (χ0n) is 10.3. The van der Waals surface area contributed by atoms with Gasteiger partial charge in [-0.15, -0.1) is 0 Å². The van der Waals surface area contributed by atoms with Gasteiger partial charge in [0.2, 0.25) is 5.82 Å². The van der Waals surface area contributed by atoms with Crippen LogP contribution in [0.15, 0.2) is 42.6 Å². The lowest BCUT2D eigenvalue weighted by Gasteiger charge is -2.14. The molecule has 0 saturated heterocycles. The summed E-state index contributed by atoms with van der Waals surface area (Å²) in [5.74, 6) is 0.366. The van der Waals surface area contributed by atoms with Crippen LogP contribution in [0.25, 0.3) is 0 Å². The van der Waals surface area contributed by atoms with Gasteiger partial charge in [-0.3, -0.25) is 10.1 Å². The van der Waals surface area contributed by atoms with Crippen molar-refractivity contribution in [1.82, 2.24) is 4.98 Å². The molecular formula is C13H13N3O3. The number of phenols is 1. The molecule has 0 saturated carbocycles. The van der Waals surface area contributed by atoms with E-state index >= 15 is 0 Å². The molecule has 1 aromatic carbocycles. The Hall–Kier alpha value is -2.63. The van der Waals surface area contributed by atoms with Crippen LogP contribution in [0.2, 0.25) is 0 Å². The quantitative estimate of drug-likeness (QED) is 0.651. The second kappa shape index (κ2) is 5.34. The Bertz CT molecular complexity index is 601. The Labute approximate surface area is 109 Å². The van der Waals surface area contributed by atoms with Crippen LogP contribution in [0.3, 0.4) is 0 Å². The molecule has 6 nitrogen and oxygen atoms in total. The van der Waals surface area contributed by atoms with Crippen molar-refractivity contribution in [2.24, 2.45) is 0 Å². The molecule has 0 aliphatic heterocycles. The zero-order valence-corrected chi connectivity index (χ0v) is 10.3. The molecule has 2 rings (SSSR count). The van der Waals surface area contributed by atoms with Crippen LogP contribution < -0.4 is 5.32 Å². The molecule has 0 spiro atoms. The molecule has 0 unspecified atom stereocenters. The van der Waals surface area contributed by atoms with E-state index in [0.29, 0.717) is 0 Å². The van der Waals surface area contributed by atoms with Crippen molar-refractivity contribution in [2.45, 2.75) is 13.0 Å². The number of aromatic hydroxyl groups is 1. The highest BCUT2D eigenvalue weighted by atomic mass is 16.6. The lowest BCUT2D eigenvalue weighted by atomic mass is 10.1. The molecule has 0 fully saturated rings. The summed E-state index contributed by atoms with van der Waals surface area (Å²) in [4.78, 5) is 14.4. The zero-order chi connectivity index (χ0) is 13.8. The summed E-state index contributed by atoms with van der Waals surface area (Å²) in [6.07, 6.45) is 1.49. The van der Waals surface area contributed by atoms with Crippen LogP contribution in [0, 0.1) is 10.1 Å². The highest BCUT2D eigenvalue weighted by Crippen LogP contribution is 2.26. The van der Waals surface area contributed by atoms with Crippen molar-refractivity contribution in [2.75, 3.05) is 5.32 Å². The third kappa shape index (κ3) is 2.98. The van der Waals surface area contributed by atoms with Gasteiger partial charge in [0.25, 0.3) is 0 Å². The summed E-state index contributed by atoms with van der Waals surface area (Å²) < 4.78 is 0. The van der Waals surface area contributed by atoms with Crippen LogP contribution in [0.5, 0.6) is 5.75 Å². The lowest BCUT2D eigenvalue weighted by molar-refractivity contribution is -0.384. The normalized spacial score (nSPS) is 11.8. The molecule has 1 atom stereocenters. The van der Waals surface area contributed by atoms with Gasteiger partial charge in [0, 0.05) is 12.3 Å². The van der Waals surface area contributed by atoms with Crippen LogP contribution in [0.1, 0.15) is 18.5 Å². The average molecular weight is 259 g/mol. The standard InChI is InChI=1S/C13H13N3O3/c1-9(10-4-2-5-11(17)8-10)15-13-12(16(18)19)6-3-7-14-13/h2-9,17H,1H3,(H,14,15)/t9-/m0/s1. The molecule has 0 radical (unpaired) electrons. The van der Waals surface area contributed by atoms with Gasteiger partial charge in [-0.05, 0) is 30.7 Å². The summed E-state index contributed by atoms with van der Waals surface area (Å²) in [6, 6.07) is 9.42. The summed E-state index contributed by atoms with van der Waals surface area (Å²) in [5.41, 5.74) is 0.745. The number of phenolic OH excluding ortho intramolecular Hbond substituents is 1. The van der Waals surface area contributed by atoms with E-state index in [9.17, 15) is 15.2 Å². The second-order valence-corrected chi connectivity index (χ2v) is 4.09. The fourth-order valence-electron chi connectivity index (χ4n) is 1.74. The molecule has 0 aliphatic rings. The number of anilines is 1. The Morgan fingerprint density at radius 3 is 2.84 bits per heavy atom. The predicted octanol–water partition coefficient (Wildman–Crippen LogP) is 2.87. The van der Waals surface area contributed by atoms with Crippen molar-refractivity contribution in [3.63, 3.8) is 0 Å². The highest BCUT2D eigenvalue weighted by Gasteiger charge is 2.16. The highest BCUT2D eigenvalue weighted by molar-refractivity contribution is 5.56. The van der Waals surface area contributed by atoms with Gasteiger partial charge >= 0.3 is 5.69 Å². The third-order valence-electron chi connectivity index (χ3n) is 2.71. The summed E-state index contributed by atoms with van der Waals surface area (Å²) >= 11 is 0. The predicted molar refractivity (Wildman–Crippen MR) is 71.0 cm³/mol. The maximum absolute atomic E-state index is 10.9. The van der Waals surface area contributed by atoms with Crippen molar-refractivity contribution in [1.29, 1.82) is 0 Å². The number of nitrogens with zero attached hydrogens (tertiary/aromatic N) is 2. The Balaban J connectivity index is 2.24. The topological polar surface area (TPSA) is 88.3 Å². The SMILES string of the molecule is C[C@H](Nc1ncccc1[N+](=O)[O-])c1cccc(O)c1. The average Bonchev–Trinajstić information content (AvgIpc) is 2.39. The molecule has 2 N–H and O–H groups in total. The van der Waals surface area contributed by atoms with Crippen LogP contribution in [0.4, 0.5) is 11.5 Å². The summed E-state index contributed by atoms with van der Waals surface area (Å²) in [6.45, 7) is 1.84. The van der Waals surface area contributed by atoms with Gasteiger partial charge in [0.15, 0.2) is 0 Å². The van der Waals surface area contributed by atoms with Gasteiger partial charge in [0.05, 0.1) is 11.0 Å². The van der Waals surface area contributed by atoms with Gasteiger partial charge in [-0.1, -0.05) is 12.1 Å². The molecular weight excluding hydrogens is 246 g/mol. The number of aromatic nitrogens is 1. The van der Waals surface area contributed by atoms with E-state index in [0.717, 1.165) is 5.56 Å². The molecule has 19 heavy (non-hydrogen) atoms. The van der Waals surface area contributed by atoms with E-state index in [4.69, 9.17) is 0 Å². The van der Waals surface area contributed by atoms with Crippen LogP contribution in [-0.4, -0.2) is 15.0 Å². The van der Waals surface area contributed by atoms with Crippen molar-refractivity contribution < 1.29 is 10.0 Å². The van der Waals surface area contributed by atoms with Gasteiger partial charge in [0.1, 0.15) is 5.75 Å². The number of rotatable bonds is 4. The van der Waals surface area contributed by atoms with E-state index in [1.807, 2.05) is 13.0 Å². The van der Waals surface area contributed by atoms with Crippen molar-refractivity contribution in [3.05, 3.63) is 58.3 Å². The first-order valence-electron chi connectivity index (χ1n) is 5.73. The fraction of sp³-hybridized carbons (Fsp3) is 0.154. The third-order valence-corrected chi connectivity index (χ3v) is 2.71. The lowest BCUT2D eigenvalue weighted by Crippen LogP contribution is -2.09. The molecule has 0 aliphatic carbocycles. The van der Waals surface area contributed by atoms with Gasteiger partial charge in [-0.2, -0.15) is 0 Å². The minimum atomic E-state index is -0.482. The second-order valence-electron chi connectivity index (χ2n) is 4.09. The molecule has 1 aromatic heterocycles.